The van der Waals surface area contributed by atoms with E-state index in [4.69, 9.17) is 24.3 Å². The van der Waals surface area contributed by atoms with Gasteiger partial charge in [0.25, 0.3) is 5.91 Å². The summed E-state index contributed by atoms with van der Waals surface area (Å²) in [6.07, 6.45) is 3.82. The minimum absolute atomic E-state index is 0.0106. The Morgan fingerprint density at radius 1 is 0.918 bits per heavy atom. The molecule has 10 heteroatoms. The molecule has 0 unspecified atom stereocenters. The first-order valence-corrected chi connectivity index (χ1v) is 17.2. The normalized spacial score (nSPS) is 20.2. The number of aliphatic imine (C=N–C) groups is 1. The number of benzene rings is 3. The van der Waals surface area contributed by atoms with Crippen LogP contribution >= 0.6 is 0 Å². The highest BCUT2D eigenvalue weighted by Crippen LogP contribution is 2.44. The van der Waals surface area contributed by atoms with Crippen molar-refractivity contribution in [2.45, 2.75) is 95.0 Å². The van der Waals surface area contributed by atoms with Gasteiger partial charge in [0.05, 0.1) is 12.2 Å². The monoisotopic (exact) mass is 671 g/mol. The lowest BCUT2D eigenvalue weighted by molar-refractivity contribution is -0.155. The average molecular weight is 672 g/mol. The van der Waals surface area contributed by atoms with Crippen molar-refractivity contribution in [3.63, 3.8) is 0 Å². The minimum atomic E-state index is -1.56. The highest BCUT2D eigenvalue weighted by Gasteiger charge is 2.53. The molecule has 262 valence electrons. The fourth-order valence-electron chi connectivity index (χ4n) is 6.32. The second kappa shape index (κ2) is 16.0. The molecule has 0 spiro atoms. The largest absolute Gasteiger partial charge is 0.494 e. The molecule has 1 heterocycles. The van der Waals surface area contributed by atoms with Crippen molar-refractivity contribution in [3.8, 4) is 16.9 Å². The number of nitrogens with one attached hydrogen (secondary N) is 2. The van der Waals surface area contributed by atoms with Crippen molar-refractivity contribution in [2.75, 3.05) is 19.8 Å². The SMILES string of the molecule is CC(C)(C)OC(=O)CC[C@]1(C(=O)NNCC2(O)CCCCC2)N=C(c2ccc(OCCCO)cc2)O[C@H]1c1ccc(-c2ccccc2)cc1. The number of nitrogens with zero attached hydrogens (tertiary/aromatic N) is 1. The van der Waals surface area contributed by atoms with E-state index in [1.165, 1.54) is 0 Å². The molecule has 3 aromatic carbocycles. The van der Waals surface area contributed by atoms with Crippen LogP contribution in [0.4, 0.5) is 0 Å². The van der Waals surface area contributed by atoms with Crippen molar-refractivity contribution < 1.29 is 34.0 Å². The number of amides is 1. The van der Waals surface area contributed by atoms with Crippen LogP contribution in [-0.2, 0) is 19.1 Å². The van der Waals surface area contributed by atoms with Gasteiger partial charge < -0.3 is 24.4 Å². The van der Waals surface area contributed by atoms with Gasteiger partial charge in [0, 0.05) is 31.6 Å². The van der Waals surface area contributed by atoms with Crippen molar-refractivity contribution in [3.05, 3.63) is 90.0 Å². The Balaban J connectivity index is 1.49. The molecule has 1 amide bonds. The topological polar surface area (TPSA) is 139 Å². The van der Waals surface area contributed by atoms with Crippen LogP contribution in [0.3, 0.4) is 0 Å². The van der Waals surface area contributed by atoms with E-state index in [1.54, 1.807) is 45.0 Å². The zero-order chi connectivity index (χ0) is 34.9. The molecule has 2 aliphatic rings. The van der Waals surface area contributed by atoms with E-state index in [-0.39, 0.29) is 31.9 Å². The van der Waals surface area contributed by atoms with Crippen LogP contribution in [0.25, 0.3) is 11.1 Å². The van der Waals surface area contributed by atoms with Gasteiger partial charge >= 0.3 is 5.97 Å². The molecule has 3 aromatic rings. The van der Waals surface area contributed by atoms with Gasteiger partial charge in [0.15, 0.2) is 11.6 Å². The smallest absolute Gasteiger partial charge is 0.306 e. The second-order valence-electron chi connectivity index (χ2n) is 14.0. The number of hydrogen-bond donors (Lipinski definition) is 4. The standard InChI is InChI=1S/C39H49N3O7/c1-37(2,3)49-33(44)21-24-39(36(45)42-40-27-38(46)22-8-5-9-23-38)34(30-15-13-29(14-16-30)28-11-6-4-7-12-28)48-35(41-39)31-17-19-32(20-18-31)47-26-10-25-43/h4,6-7,11-20,34,40,43,46H,5,8-10,21-27H2,1-3H3,(H,42,45)/t34-,39-/m0/s1. The van der Waals surface area contributed by atoms with Gasteiger partial charge in [0.1, 0.15) is 11.4 Å². The zero-order valence-corrected chi connectivity index (χ0v) is 28.7. The Morgan fingerprint density at radius 2 is 1.57 bits per heavy atom. The Bertz CT molecular complexity index is 1560. The summed E-state index contributed by atoms with van der Waals surface area (Å²) in [5.41, 5.74) is 6.06. The molecule has 1 fully saturated rings. The van der Waals surface area contributed by atoms with Gasteiger partial charge in [-0.3, -0.25) is 15.0 Å². The van der Waals surface area contributed by atoms with Crippen molar-refractivity contribution >= 4 is 17.8 Å². The third-order valence-corrected chi connectivity index (χ3v) is 8.88. The number of esters is 1. The van der Waals surface area contributed by atoms with Crippen LogP contribution in [0.1, 0.15) is 89.4 Å². The fraction of sp³-hybridized carbons (Fsp3) is 0.462. The van der Waals surface area contributed by atoms with E-state index >= 15 is 0 Å². The van der Waals surface area contributed by atoms with Crippen LogP contribution in [0.15, 0.2) is 83.9 Å². The summed E-state index contributed by atoms with van der Waals surface area (Å²) in [5.74, 6) is -0.0474. The second-order valence-corrected chi connectivity index (χ2v) is 14.0. The van der Waals surface area contributed by atoms with Crippen LogP contribution in [0, 0.1) is 0 Å². The summed E-state index contributed by atoms with van der Waals surface area (Å²) in [6.45, 7) is 6.01. The van der Waals surface area contributed by atoms with Gasteiger partial charge in [-0.1, -0.05) is 73.9 Å². The van der Waals surface area contributed by atoms with Gasteiger partial charge in [-0.2, -0.15) is 0 Å². The lowest BCUT2D eigenvalue weighted by atomic mass is 9.83. The molecule has 1 aliphatic carbocycles. The lowest BCUT2D eigenvalue weighted by Gasteiger charge is -2.34. The Labute approximate surface area is 288 Å². The van der Waals surface area contributed by atoms with Crippen molar-refractivity contribution in [1.29, 1.82) is 0 Å². The van der Waals surface area contributed by atoms with Gasteiger partial charge in [-0.25, -0.2) is 10.4 Å². The number of aliphatic hydroxyl groups is 2. The average Bonchev–Trinajstić information content (AvgIpc) is 3.49. The Morgan fingerprint density at radius 3 is 2.22 bits per heavy atom. The summed E-state index contributed by atoms with van der Waals surface area (Å²) in [7, 11) is 0. The highest BCUT2D eigenvalue weighted by atomic mass is 16.6. The number of aliphatic hydroxyl groups excluding tert-OH is 1. The molecule has 0 aromatic heterocycles. The third kappa shape index (κ3) is 9.47. The van der Waals surface area contributed by atoms with Crippen molar-refractivity contribution in [2.24, 2.45) is 4.99 Å². The maximum absolute atomic E-state index is 14.4. The van der Waals surface area contributed by atoms with Gasteiger partial charge in [0.2, 0.25) is 5.90 Å². The Hall–Kier alpha value is -4.25. The maximum atomic E-state index is 14.4. The summed E-state index contributed by atoms with van der Waals surface area (Å²) in [4.78, 5) is 32.5. The molecule has 1 saturated carbocycles. The first-order valence-electron chi connectivity index (χ1n) is 17.2. The number of carbonyl (C=O) groups excluding carboxylic acids is 2. The third-order valence-electron chi connectivity index (χ3n) is 8.88. The molecule has 1 aliphatic heterocycles. The summed E-state index contributed by atoms with van der Waals surface area (Å²) >= 11 is 0. The van der Waals surface area contributed by atoms with E-state index in [9.17, 15) is 14.7 Å². The molecule has 0 saturated heterocycles. The highest BCUT2D eigenvalue weighted by molar-refractivity contribution is 6.01. The van der Waals surface area contributed by atoms with E-state index in [2.05, 4.69) is 10.9 Å². The van der Waals surface area contributed by atoms with E-state index in [0.29, 0.717) is 42.7 Å². The number of hydrazine groups is 1. The molecular weight excluding hydrogens is 622 g/mol. The summed E-state index contributed by atoms with van der Waals surface area (Å²) < 4.78 is 17.9. The molecule has 4 N–H and O–H groups in total. The molecule has 49 heavy (non-hydrogen) atoms. The number of hydrogen-bond acceptors (Lipinski definition) is 9. The molecular formula is C39H49N3O7. The predicted octanol–water partition coefficient (Wildman–Crippen LogP) is 5.81. The predicted molar refractivity (Wildman–Crippen MR) is 188 cm³/mol. The van der Waals surface area contributed by atoms with Gasteiger partial charge in [-0.05, 0) is 81.0 Å². The maximum Gasteiger partial charge on any atom is 0.306 e. The van der Waals surface area contributed by atoms with Crippen LogP contribution in [0.2, 0.25) is 0 Å². The number of carbonyl (C=O) groups is 2. The quantitative estimate of drug-likeness (QED) is 0.0958. The lowest BCUT2D eigenvalue weighted by Crippen LogP contribution is -2.56. The van der Waals surface area contributed by atoms with E-state index in [1.807, 2.05) is 54.6 Å². The van der Waals surface area contributed by atoms with E-state index < -0.39 is 34.7 Å². The number of rotatable bonds is 14. The zero-order valence-electron chi connectivity index (χ0n) is 28.7. The fourth-order valence-corrected chi connectivity index (χ4v) is 6.32. The summed E-state index contributed by atoms with van der Waals surface area (Å²) in [6, 6.07) is 25.0. The molecule has 0 bridgehead atoms. The first-order chi connectivity index (χ1) is 23.5. The van der Waals surface area contributed by atoms with Crippen molar-refractivity contribution in [1.82, 2.24) is 10.9 Å². The van der Waals surface area contributed by atoms with Crippen LogP contribution in [0.5, 0.6) is 5.75 Å². The first kappa shape index (κ1) is 36.0. The number of ether oxygens (including phenoxy) is 3. The molecule has 2 atom stereocenters. The molecule has 10 nitrogen and oxygen atoms in total. The molecule has 0 radical (unpaired) electrons. The van der Waals surface area contributed by atoms with E-state index in [0.717, 1.165) is 30.4 Å². The van der Waals surface area contributed by atoms with Gasteiger partial charge in [-0.15, -0.1) is 0 Å². The molecule has 5 rings (SSSR count). The summed E-state index contributed by atoms with van der Waals surface area (Å²) in [5, 5.41) is 20.2. The van der Waals surface area contributed by atoms with Crippen LogP contribution in [-0.4, -0.2) is 64.5 Å². The minimum Gasteiger partial charge on any atom is -0.494 e. The van der Waals surface area contributed by atoms with Crippen LogP contribution < -0.4 is 15.6 Å². The Kier molecular flexibility index (Phi) is 11.7.